The van der Waals surface area contributed by atoms with Crippen LogP contribution in [0.4, 0.5) is 0 Å². The normalized spacial score (nSPS) is 13.5. The van der Waals surface area contributed by atoms with Gasteiger partial charge in [0.2, 0.25) is 10.0 Å². The Balaban J connectivity index is 2.67. The fourth-order valence-electron chi connectivity index (χ4n) is 1.61. The molecule has 0 fully saturated rings. The van der Waals surface area contributed by atoms with E-state index >= 15 is 0 Å². The standard InChI is InChI=1S/C13H21NO3S/c1-3-4-12-5-7-13(8-6-12)18(16,17)14-10-9-11(2)15/h5-8,11,14-15H,3-4,9-10H2,1-2H3. The van der Waals surface area contributed by atoms with Gasteiger partial charge < -0.3 is 5.11 Å². The van der Waals surface area contributed by atoms with E-state index in [0.29, 0.717) is 6.42 Å². The van der Waals surface area contributed by atoms with E-state index in [1.165, 1.54) is 0 Å². The lowest BCUT2D eigenvalue weighted by Gasteiger charge is -2.08. The zero-order valence-electron chi connectivity index (χ0n) is 10.9. The topological polar surface area (TPSA) is 66.4 Å². The van der Waals surface area contributed by atoms with Crippen LogP contribution in [0.5, 0.6) is 0 Å². The molecule has 1 atom stereocenters. The Labute approximate surface area is 109 Å². The number of benzene rings is 1. The fourth-order valence-corrected chi connectivity index (χ4v) is 2.66. The van der Waals surface area contributed by atoms with Gasteiger partial charge in [-0.3, -0.25) is 0 Å². The number of aliphatic hydroxyl groups excluding tert-OH is 1. The smallest absolute Gasteiger partial charge is 0.240 e. The van der Waals surface area contributed by atoms with E-state index < -0.39 is 16.1 Å². The molecule has 1 aromatic rings. The van der Waals surface area contributed by atoms with Crippen molar-refractivity contribution < 1.29 is 13.5 Å². The van der Waals surface area contributed by atoms with E-state index in [1.807, 2.05) is 12.1 Å². The highest BCUT2D eigenvalue weighted by Gasteiger charge is 2.13. The summed E-state index contributed by atoms with van der Waals surface area (Å²) in [7, 11) is -3.45. The summed E-state index contributed by atoms with van der Waals surface area (Å²) in [5.74, 6) is 0. The van der Waals surface area contributed by atoms with Crippen molar-refractivity contribution in [1.82, 2.24) is 4.72 Å². The third-order valence-electron chi connectivity index (χ3n) is 2.63. The molecule has 18 heavy (non-hydrogen) atoms. The molecule has 0 amide bonds. The number of sulfonamides is 1. The van der Waals surface area contributed by atoms with Gasteiger partial charge >= 0.3 is 0 Å². The van der Waals surface area contributed by atoms with Gasteiger partial charge in [0, 0.05) is 6.54 Å². The number of aliphatic hydroxyl groups is 1. The average Bonchev–Trinajstić information content (AvgIpc) is 2.29. The fraction of sp³-hybridized carbons (Fsp3) is 0.538. The first kappa shape index (κ1) is 15.1. The molecule has 0 aromatic heterocycles. The molecule has 0 spiro atoms. The Morgan fingerprint density at radius 2 is 1.89 bits per heavy atom. The summed E-state index contributed by atoms with van der Waals surface area (Å²) in [5, 5.41) is 9.08. The van der Waals surface area contributed by atoms with Crippen LogP contribution < -0.4 is 4.72 Å². The van der Waals surface area contributed by atoms with Gasteiger partial charge in [-0.1, -0.05) is 25.5 Å². The van der Waals surface area contributed by atoms with E-state index in [4.69, 9.17) is 5.11 Å². The van der Waals surface area contributed by atoms with Crippen LogP contribution in [0.2, 0.25) is 0 Å². The monoisotopic (exact) mass is 271 g/mol. The Hall–Kier alpha value is -0.910. The highest BCUT2D eigenvalue weighted by molar-refractivity contribution is 7.89. The van der Waals surface area contributed by atoms with Crippen molar-refractivity contribution in [2.75, 3.05) is 6.54 Å². The molecule has 4 nitrogen and oxygen atoms in total. The van der Waals surface area contributed by atoms with Crippen molar-refractivity contribution in [3.8, 4) is 0 Å². The molecule has 1 aromatic carbocycles. The third-order valence-corrected chi connectivity index (χ3v) is 4.10. The van der Waals surface area contributed by atoms with E-state index in [1.54, 1.807) is 19.1 Å². The predicted molar refractivity (Wildman–Crippen MR) is 71.9 cm³/mol. The molecule has 1 unspecified atom stereocenters. The summed E-state index contributed by atoms with van der Waals surface area (Å²) in [5.41, 5.74) is 1.14. The molecule has 0 aliphatic carbocycles. The van der Waals surface area contributed by atoms with Gasteiger partial charge in [-0.25, -0.2) is 13.1 Å². The molecule has 2 N–H and O–H groups in total. The minimum atomic E-state index is -3.45. The number of nitrogens with one attached hydrogen (secondary N) is 1. The first-order valence-electron chi connectivity index (χ1n) is 6.22. The molecular formula is C13H21NO3S. The van der Waals surface area contributed by atoms with Crippen LogP contribution in [-0.2, 0) is 16.4 Å². The maximum Gasteiger partial charge on any atom is 0.240 e. The van der Waals surface area contributed by atoms with Crippen molar-refractivity contribution >= 4 is 10.0 Å². The van der Waals surface area contributed by atoms with Gasteiger partial charge in [0.15, 0.2) is 0 Å². The molecule has 0 saturated heterocycles. The highest BCUT2D eigenvalue weighted by Crippen LogP contribution is 2.11. The number of aryl methyl sites for hydroxylation is 1. The third kappa shape index (κ3) is 4.76. The zero-order chi connectivity index (χ0) is 13.6. The van der Waals surface area contributed by atoms with Crippen LogP contribution >= 0.6 is 0 Å². The van der Waals surface area contributed by atoms with Gasteiger partial charge in [-0.05, 0) is 37.5 Å². The summed E-state index contributed by atoms with van der Waals surface area (Å²) >= 11 is 0. The maximum atomic E-state index is 11.9. The first-order chi connectivity index (χ1) is 8.45. The van der Waals surface area contributed by atoms with Crippen LogP contribution in [-0.4, -0.2) is 26.2 Å². The maximum absolute atomic E-state index is 11.9. The summed E-state index contributed by atoms with van der Waals surface area (Å²) in [4.78, 5) is 0.271. The second kappa shape index (κ2) is 6.87. The number of hydrogen-bond donors (Lipinski definition) is 2. The van der Waals surface area contributed by atoms with E-state index in [0.717, 1.165) is 18.4 Å². The Morgan fingerprint density at radius 3 is 2.39 bits per heavy atom. The molecule has 1 rings (SSSR count). The lowest BCUT2D eigenvalue weighted by Crippen LogP contribution is -2.26. The average molecular weight is 271 g/mol. The van der Waals surface area contributed by atoms with Crippen molar-refractivity contribution in [3.63, 3.8) is 0 Å². The number of hydrogen-bond acceptors (Lipinski definition) is 3. The van der Waals surface area contributed by atoms with Crippen LogP contribution in [0.3, 0.4) is 0 Å². The largest absolute Gasteiger partial charge is 0.393 e. The van der Waals surface area contributed by atoms with Crippen LogP contribution in [0, 0.1) is 0 Å². The molecule has 102 valence electrons. The molecular weight excluding hydrogens is 250 g/mol. The molecule has 0 heterocycles. The lowest BCUT2D eigenvalue weighted by molar-refractivity contribution is 0.186. The van der Waals surface area contributed by atoms with Crippen molar-refractivity contribution in [3.05, 3.63) is 29.8 Å². The van der Waals surface area contributed by atoms with Crippen molar-refractivity contribution in [2.45, 2.75) is 44.1 Å². The highest BCUT2D eigenvalue weighted by atomic mass is 32.2. The zero-order valence-corrected chi connectivity index (χ0v) is 11.7. The molecule has 0 aliphatic rings. The van der Waals surface area contributed by atoms with Gasteiger partial charge in [-0.15, -0.1) is 0 Å². The molecule has 0 bridgehead atoms. The molecule has 5 heteroatoms. The predicted octanol–water partition coefficient (Wildman–Crippen LogP) is 1.69. The Bertz CT molecular complexity index is 452. The Morgan fingerprint density at radius 1 is 1.28 bits per heavy atom. The van der Waals surface area contributed by atoms with Gasteiger partial charge in [0.25, 0.3) is 0 Å². The van der Waals surface area contributed by atoms with Crippen molar-refractivity contribution in [2.24, 2.45) is 0 Å². The SMILES string of the molecule is CCCc1ccc(S(=O)(=O)NCCC(C)O)cc1. The van der Waals surface area contributed by atoms with Gasteiger partial charge in [0.1, 0.15) is 0 Å². The second-order valence-corrected chi connectivity index (χ2v) is 6.20. The minimum absolute atomic E-state index is 0.247. The lowest BCUT2D eigenvalue weighted by atomic mass is 10.1. The first-order valence-corrected chi connectivity index (χ1v) is 7.70. The van der Waals surface area contributed by atoms with E-state index in [-0.39, 0.29) is 11.4 Å². The van der Waals surface area contributed by atoms with E-state index in [2.05, 4.69) is 11.6 Å². The van der Waals surface area contributed by atoms with Gasteiger partial charge in [0.05, 0.1) is 11.0 Å². The number of rotatable bonds is 7. The molecule has 0 saturated carbocycles. The summed E-state index contributed by atoms with van der Waals surface area (Å²) in [6.07, 6.45) is 1.90. The quantitative estimate of drug-likeness (QED) is 0.793. The van der Waals surface area contributed by atoms with Crippen molar-refractivity contribution in [1.29, 1.82) is 0 Å². The molecule has 0 radical (unpaired) electrons. The minimum Gasteiger partial charge on any atom is -0.393 e. The second-order valence-electron chi connectivity index (χ2n) is 4.43. The summed E-state index contributed by atoms with van der Waals surface area (Å²) in [6, 6.07) is 6.92. The van der Waals surface area contributed by atoms with Crippen LogP contribution in [0.1, 0.15) is 32.3 Å². The van der Waals surface area contributed by atoms with Crippen LogP contribution in [0.15, 0.2) is 29.2 Å². The van der Waals surface area contributed by atoms with E-state index in [9.17, 15) is 8.42 Å². The summed E-state index contributed by atoms with van der Waals surface area (Å²) < 4.78 is 26.3. The molecule has 0 aliphatic heterocycles. The van der Waals surface area contributed by atoms with Crippen LogP contribution in [0.25, 0.3) is 0 Å². The Kier molecular flexibility index (Phi) is 5.78. The van der Waals surface area contributed by atoms with Gasteiger partial charge in [-0.2, -0.15) is 0 Å². The summed E-state index contributed by atoms with van der Waals surface area (Å²) in [6.45, 7) is 3.97.